The third kappa shape index (κ3) is 3.62. The van der Waals surface area contributed by atoms with E-state index in [2.05, 4.69) is 36.4 Å². The van der Waals surface area contributed by atoms with Crippen LogP contribution in [0.1, 0.15) is 31.3 Å². The van der Waals surface area contributed by atoms with Gasteiger partial charge in [0, 0.05) is 17.4 Å². The molecule has 0 fully saturated rings. The van der Waals surface area contributed by atoms with Crippen molar-refractivity contribution in [1.29, 1.82) is 0 Å². The second-order valence-electron chi connectivity index (χ2n) is 5.75. The van der Waals surface area contributed by atoms with Gasteiger partial charge in [0.2, 0.25) is 0 Å². The van der Waals surface area contributed by atoms with E-state index < -0.39 is 11.8 Å². The third-order valence-electron chi connectivity index (χ3n) is 3.52. The number of halogens is 1. The summed E-state index contributed by atoms with van der Waals surface area (Å²) >= 11 is 0. The minimum atomic E-state index is -0.504. The Labute approximate surface area is 142 Å². The fourth-order valence-corrected chi connectivity index (χ4v) is 2.18. The monoisotopic (exact) mass is 344 g/mol. The first-order valence-electron chi connectivity index (χ1n) is 7.62. The lowest BCUT2D eigenvalue weighted by molar-refractivity contribution is 0.262. The van der Waals surface area contributed by atoms with E-state index in [1.54, 1.807) is 13.0 Å². The van der Waals surface area contributed by atoms with E-state index in [0.717, 1.165) is 5.69 Å². The highest BCUT2D eigenvalue weighted by atomic mass is 19.1. The number of tetrazole rings is 1. The maximum absolute atomic E-state index is 14.0. The first-order chi connectivity index (χ1) is 11.9. The lowest BCUT2D eigenvalue weighted by atomic mass is 10.1. The Morgan fingerprint density at radius 2 is 2.08 bits per heavy atom. The molecule has 0 atom stereocenters. The predicted molar refractivity (Wildman–Crippen MR) is 89.2 cm³/mol. The van der Waals surface area contributed by atoms with Crippen LogP contribution in [0.4, 0.5) is 20.7 Å². The number of hydrogen-bond acceptors (Lipinski definition) is 5. The van der Waals surface area contributed by atoms with Crippen molar-refractivity contribution in [3.05, 3.63) is 41.6 Å². The van der Waals surface area contributed by atoms with Gasteiger partial charge in [-0.05, 0) is 41.5 Å². The first kappa shape index (κ1) is 16.6. The molecule has 10 heteroatoms. The molecule has 0 bridgehead atoms. The number of anilines is 2. The summed E-state index contributed by atoms with van der Waals surface area (Å²) in [5.74, 6) is 0.596. The zero-order valence-electron chi connectivity index (χ0n) is 13.9. The van der Waals surface area contributed by atoms with Crippen LogP contribution in [0, 0.1) is 12.7 Å². The molecule has 0 aliphatic heterocycles. The van der Waals surface area contributed by atoms with Crippen LogP contribution in [-0.2, 0) is 0 Å². The van der Waals surface area contributed by atoms with Crippen LogP contribution in [0.2, 0.25) is 0 Å². The second-order valence-corrected chi connectivity index (χ2v) is 5.75. The standard InChI is InChI=1S/C15H17FN8O/c1-8(2)12-7-14(21-20-12)18-15(25)17-10-4-5-11(16)13(6-10)24-9(3)19-22-23-24/h4-8H,1-3H3,(H3,17,18,20,21,25). The summed E-state index contributed by atoms with van der Waals surface area (Å²) < 4.78 is 15.3. The molecular weight excluding hydrogens is 327 g/mol. The fourth-order valence-electron chi connectivity index (χ4n) is 2.18. The summed E-state index contributed by atoms with van der Waals surface area (Å²) in [5, 5.41) is 23.0. The number of carbonyl (C=O) groups excluding carboxylic acids is 1. The lowest BCUT2D eigenvalue weighted by Crippen LogP contribution is -2.20. The smallest absolute Gasteiger partial charge is 0.308 e. The minimum Gasteiger partial charge on any atom is -0.308 e. The Morgan fingerprint density at radius 3 is 2.72 bits per heavy atom. The maximum atomic E-state index is 14.0. The van der Waals surface area contributed by atoms with Crippen LogP contribution in [0.25, 0.3) is 5.69 Å². The highest BCUT2D eigenvalue weighted by molar-refractivity contribution is 5.99. The summed E-state index contributed by atoms with van der Waals surface area (Å²) in [6.07, 6.45) is 0. The van der Waals surface area contributed by atoms with E-state index in [9.17, 15) is 9.18 Å². The molecule has 9 nitrogen and oxygen atoms in total. The molecule has 0 spiro atoms. The quantitative estimate of drug-likeness (QED) is 0.673. The normalized spacial score (nSPS) is 10.9. The van der Waals surface area contributed by atoms with Gasteiger partial charge in [-0.3, -0.25) is 10.4 Å². The molecule has 2 aromatic heterocycles. The van der Waals surface area contributed by atoms with Gasteiger partial charge in [0.15, 0.2) is 11.6 Å². The van der Waals surface area contributed by atoms with E-state index in [1.165, 1.54) is 22.9 Å². The number of aromatic nitrogens is 6. The summed E-state index contributed by atoms with van der Waals surface area (Å²) in [6, 6.07) is 5.39. The predicted octanol–water partition coefficient (Wildman–Crippen LogP) is 2.60. The zero-order chi connectivity index (χ0) is 18.0. The number of hydrogen-bond donors (Lipinski definition) is 3. The minimum absolute atomic E-state index is 0.141. The van der Waals surface area contributed by atoms with Gasteiger partial charge in [-0.2, -0.15) is 9.78 Å². The Hall–Kier alpha value is -3.30. The Bertz CT molecular complexity index is 901. The Kier molecular flexibility index (Phi) is 4.42. The topological polar surface area (TPSA) is 113 Å². The van der Waals surface area contributed by atoms with E-state index in [0.29, 0.717) is 17.3 Å². The molecule has 0 saturated heterocycles. The molecule has 0 unspecified atom stereocenters. The van der Waals surface area contributed by atoms with Crippen molar-refractivity contribution in [3.8, 4) is 5.69 Å². The Balaban J connectivity index is 1.74. The van der Waals surface area contributed by atoms with Crippen molar-refractivity contribution in [2.75, 3.05) is 10.6 Å². The summed E-state index contributed by atoms with van der Waals surface area (Å²) in [5.41, 5.74) is 1.44. The molecule has 2 heterocycles. The molecule has 0 radical (unpaired) electrons. The Morgan fingerprint density at radius 1 is 1.28 bits per heavy atom. The highest BCUT2D eigenvalue weighted by Gasteiger charge is 2.13. The molecular formula is C15H17FN8O. The molecule has 0 saturated carbocycles. The van der Waals surface area contributed by atoms with Gasteiger partial charge in [-0.15, -0.1) is 5.10 Å². The van der Waals surface area contributed by atoms with Crippen molar-refractivity contribution in [2.45, 2.75) is 26.7 Å². The zero-order valence-corrected chi connectivity index (χ0v) is 13.9. The number of urea groups is 1. The van der Waals surface area contributed by atoms with Gasteiger partial charge in [0.25, 0.3) is 0 Å². The molecule has 0 aliphatic rings. The largest absolute Gasteiger partial charge is 0.324 e. The lowest BCUT2D eigenvalue weighted by Gasteiger charge is -2.09. The fraction of sp³-hybridized carbons (Fsp3) is 0.267. The number of benzene rings is 1. The van der Waals surface area contributed by atoms with Crippen LogP contribution >= 0.6 is 0 Å². The molecule has 3 N–H and O–H groups in total. The average molecular weight is 344 g/mol. The molecule has 1 aromatic carbocycles. The number of nitrogens with zero attached hydrogens (tertiary/aromatic N) is 5. The van der Waals surface area contributed by atoms with Gasteiger partial charge in [0.1, 0.15) is 11.5 Å². The number of rotatable bonds is 4. The second kappa shape index (κ2) is 6.67. The van der Waals surface area contributed by atoms with Crippen LogP contribution in [0.5, 0.6) is 0 Å². The number of H-pyrrole nitrogens is 1. The molecule has 25 heavy (non-hydrogen) atoms. The molecule has 2 amide bonds. The van der Waals surface area contributed by atoms with Crippen molar-refractivity contribution in [1.82, 2.24) is 30.4 Å². The van der Waals surface area contributed by atoms with Gasteiger partial charge < -0.3 is 5.32 Å². The third-order valence-corrected chi connectivity index (χ3v) is 3.52. The van der Waals surface area contributed by atoms with Crippen LogP contribution in [0.15, 0.2) is 24.3 Å². The molecule has 130 valence electrons. The maximum Gasteiger partial charge on any atom is 0.324 e. The number of carbonyl (C=O) groups is 1. The van der Waals surface area contributed by atoms with E-state index in [4.69, 9.17) is 0 Å². The van der Waals surface area contributed by atoms with Crippen LogP contribution < -0.4 is 10.6 Å². The van der Waals surface area contributed by atoms with E-state index in [-0.39, 0.29) is 11.6 Å². The van der Waals surface area contributed by atoms with Crippen molar-refractivity contribution >= 4 is 17.5 Å². The highest BCUT2D eigenvalue weighted by Crippen LogP contribution is 2.19. The number of amides is 2. The van der Waals surface area contributed by atoms with Crippen molar-refractivity contribution < 1.29 is 9.18 Å². The van der Waals surface area contributed by atoms with Gasteiger partial charge in [-0.25, -0.2) is 9.18 Å². The number of aromatic amines is 1. The van der Waals surface area contributed by atoms with Gasteiger partial charge in [0.05, 0.1) is 0 Å². The molecule has 3 rings (SSSR count). The van der Waals surface area contributed by atoms with Crippen molar-refractivity contribution in [2.24, 2.45) is 0 Å². The summed E-state index contributed by atoms with van der Waals surface area (Å²) in [4.78, 5) is 12.1. The van der Waals surface area contributed by atoms with Crippen LogP contribution in [0.3, 0.4) is 0 Å². The average Bonchev–Trinajstić information content (AvgIpc) is 3.18. The first-order valence-corrected chi connectivity index (χ1v) is 7.62. The summed E-state index contributed by atoms with van der Waals surface area (Å²) in [6.45, 7) is 5.67. The SMILES string of the molecule is Cc1nnnn1-c1cc(NC(=O)Nc2cc(C(C)C)[nH]n2)ccc1F. The van der Waals surface area contributed by atoms with E-state index >= 15 is 0 Å². The number of nitrogens with one attached hydrogen (secondary N) is 3. The van der Waals surface area contributed by atoms with E-state index in [1.807, 2.05) is 13.8 Å². The number of aryl methyl sites for hydroxylation is 1. The van der Waals surface area contributed by atoms with Crippen molar-refractivity contribution in [3.63, 3.8) is 0 Å². The van der Waals surface area contributed by atoms with Crippen LogP contribution in [-0.4, -0.2) is 36.4 Å². The summed E-state index contributed by atoms with van der Waals surface area (Å²) in [7, 11) is 0. The molecule has 0 aliphatic carbocycles. The van der Waals surface area contributed by atoms with Gasteiger partial charge in [-0.1, -0.05) is 13.8 Å². The van der Waals surface area contributed by atoms with Gasteiger partial charge >= 0.3 is 6.03 Å². The molecule has 3 aromatic rings.